The van der Waals surface area contributed by atoms with E-state index in [0.717, 1.165) is 37.0 Å². The number of fused-ring (bicyclic) bond motifs is 1. The standard InChI is InChI=1S/C19H21N3O/c23-19(22-12-4-8-18(22)17-7-3-11-20-17)10-9-14-13-21-16-6-2-1-5-15(14)16/h1-3,5-7,11,13,18,20-21H,4,8-10,12H2. The minimum atomic E-state index is 0.223. The zero-order chi connectivity index (χ0) is 15.6. The van der Waals surface area contributed by atoms with E-state index in [9.17, 15) is 4.79 Å². The van der Waals surface area contributed by atoms with Gasteiger partial charge in [-0.1, -0.05) is 18.2 Å². The Morgan fingerprint density at radius 3 is 2.96 bits per heavy atom. The lowest BCUT2D eigenvalue weighted by atomic mass is 10.1. The molecule has 1 aromatic carbocycles. The average molecular weight is 307 g/mol. The maximum atomic E-state index is 12.7. The van der Waals surface area contributed by atoms with Crippen LogP contribution >= 0.6 is 0 Å². The third-order valence-corrected chi connectivity index (χ3v) is 4.84. The molecule has 1 aliphatic rings. The number of rotatable bonds is 4. The average Bonchev–Trinajstić information content (AvgIpc) is 3.31. The van der Waals surface area contributed by atoms with Crippen molar-refractivity contribution < 1.29 is 4.79 Å². The van der Waals surface area contributed by atoms with Crippen molar-refractivity contribution in [3.63, 3.8) is 0 Å². The Balaban J connectivity index is 1.45. The van der Waals surface area contributed by atoms with Gasteiger partial charge in [0, 0.05) is 42.0 Å². The summed E-state index contributed by atoms with van der Waals surface area (Å²) in [5.41, 5.74) is 3.52. The summed E-state index contributed by atoms with van der Waals surface area (Å²) < 4.78 is 0. The number of amides is 1. The SMILES string of the molecule is O=C(CCc1c[nH]c2ccccc12)N1CCCC1c1ccc[nH]1. The number of nitrogens with zero attached hydrogens (tertiary/aromatic N) is 1. The summed E-state index contributed by atoms with van der Waals surface area (Å²) >= 11 is 0. The van der Waals surface area contributed by atoms with Crippen molar-refractivity contribution in [1.82, 2.24) is 14.9 Å². The number of benzene rings is 1. The number of aromatic nitrogens is 2. The first-order valence-corrected chi connectivity index (χ1v) is 8.30. The van der Waals surface area contributed by atoms with Gasteiger partial charge < -0.3 is 14.9 Å². The number of carbonyl (C=O) groups excluding carboxylic acids is 1. The van der Waals surface area contributed by atoms with Crippen molar-refractivity contribution in [3.05, 3.63) is 60.0 Å². The predicted molar refractivity (Wildman–Crippen MR) is 91.1 cm³/mol. The molecule has 4 heteroatoms. The van der Waals surface area contributed by atoms with E-state index in [1.807, 2.05) is 35.5 Å². The number of H-pyrrole nitrogens is 2. The van der Waals surface area contributed by atoms with Gasteiger partial charge in [0.25, 0.3) is 0 Å². The van der Waals surface area contributed by atoms with Crippen molar-refractivity contribution in [1.29, 1.82) is 0 Å². The Morgan fingerprint density at radius 2 is 2.09 bits per heavy atom. The van der Waals surface area contributed by atoms with E-state index < -0.39 is 0 Å². The summed E-state index contributed by atoms with van der Waals surface area (Å²) in [5.74, 6) is 0.257. The molecule has 0 bridgehead atoms. The second-order valence-electron chi connectivity index (χ2n) is 6.23. The van der Waals surface area contributed by atoms with Crippen LogP contribution in [0.2, 0.25) is 0 Å². The lowest BCUT2D eigenvalue weighted by molar-refractivity contribution is -0.132. The largest absolute Gasteiger partial charge is 0.363 e. The van der Waals surface area contributed by atoms with Crippen molar-refractivity contribution in [2.24, 2.45) is 0 Å². The summed E-state index contributed by atoms with van der Waals surface area (Å²) in [5, 5.41) is 1.22. The molecular formula is C19H21N3O. The van der Waals surface area contributed by atoms with E-state index in [0.29, 0.717) is 6.42 Å². The highest BCUT2D eigenvalue weighted by molar-refractivity contribution is 5.84. The zero-order valence-corrected chi connectivity index (χ0v) is 13.1. The van der Waals surface area contributed by atoms with E-state index in [1.165, 1.54) is 10.9 Å². The highest BCUT2D eigenvalue weighted by atomic mass is 16.2. The molecule has 0 radical (unpaired) electrons. The van der Waals surface area contributed by atoms with E-state index in [-0.39, 0.29) is 11.9 Å². The van der Waals surface area contributed by atoms with Crippen molar-refractivity contribution in [2.45, 2.75) is 31.7 Å². The van der Waals surface area contributed by atoms with Gasteiger partial charge in [0.05, 0.1) is 6.04 Å². The van der Waals surface area contributed by atoms with Crippen molar-refractivity contribution in [2.75, 3.05) is 6.54 Å². The molecule has 1 atom stereocenters. The molecule has 118 valence electrons. The molecule has 1 aliphatic heterocycles. The fourth-order valence-corrected chi connectivity index (χ4v) is 3.66. The highest BCUT2D eigenvalue weighted by Crippen LogP contribution is 2.31. The van der Waals surface area contributed by atoms with Crippen LogP contribution in [-0.2, 0) is 11.2 Å². The van der Waals surface area contributed by atoms with Crippen LogP contribution in [0.15, 0.2) is 48.8 Å². The number of aromatic amines is 2. The molecule has 0 saturated carbocycles. The minimum absolute atomic E-state index is 0.223. The molecule has 1 fully saturated rings. The number of likely N-dealkylation sites (tertiary alicyclic amines) is 1. The Hall–Kier alpha value is -2.49. The van der Waals surface area contributed by atoms with E-state index in [4.69, 9.17) is 0 Å². The van der Waals surface area contributed by atoms with E-state index in [1.54, 1.807) is 0 Å². The number of hydrogen-bond acceptors (Lipinski definition) is 1. The van der Waals surface area contributed by atoms with Crippen LogP contribution in [0, 0.1) is 0 Å². The van der Waals surface area contributed by atoms with Crippen LogP contribution in [0.25, 0.3) is 10.9 Å². The predicted octanol–water partition coefficient (Wildman–Crippen LogP) is 3.79. The van der Waals surface area contributed by atoms with Crippen molar-refractivity contribution >= 4 is 16.8 Å². The van der Waals surface area contributed by atoms with Crippen LogP contribution in [0.4, 0.5) is 0 Å². The number of aryl methyl sites for hydroxylation is 1. The summed E-state index contributed by atoms with van der Waals surface area (Å²) in [4.78, 5) is 21.3. The van der Waals surface area contributed by atoms with Crippen LogP contribution in [0.1, 0.15) is 36.6 Å². The molecule has 3 heterocycles. The maximum absolute atomic E-state index is 12.7. The quantitative estimate of drug-likeness (QED) is 0.757. The lowest BCUT2D eigenvalue weighted by Crippen LogP contribution is -2.30. The van der Waals surface area contributed by atoms with Crippen molar-refractivity contribution in [3.8, 4) is 0 Å². The Kier molecular flexibility index (Phi) is 3.66. The molecule has 0 aliphatic carbocycles. The Morgan fingerprint density at radius 1 is 1.17 bits per heavy atom. The topological polar surface area (TPSA) is 51.9 Å². The zero-order valence-electron chi connectivity index (χ0n) is 13.1. The molecule has 3 aromatic rings. The maximum Gasteiger partial charge on any atom is 0.223 e. The van der Waals surface area contributed by atoms with Gasteiger partial charge in [-0.2, -0.15) is 0 Å². The first-order valence-electron chi connectivity index (χ1n) is 8.30. The second-order valence-corrected chi connectivity index (χ2v) is 6.23. The second kappa shape index (κ2) is 5.95. The minimum Gasteiger partial charge on any atom is -0.363 e. The fourth-order valence-electron chi connectivity index (χ4n) is 3.66. The molecule has 4 rings (SSSR count). The lowest BCUT2D eigenvalue weighted by Gasteiger charge is -2.24. The van der Waals surface area contributed by atoms with Gasteiger partial charge in [-0.3, -0.25) is 4.79 Å². The molecule has 4 nitrogen and oxygen atoms in total. The van der Waals surface area contributed by atoms with Crippen LogP contribution in [0.5, 0.6) is 0 Å². The third kappa shape index (κ3) is 2.65. The van der Waals surface area contributed by atoms with Crippen LogP contribution in [-0.4, -0.2) is 27.3 Å². The van der Waals surface area contributed by atoms with Crippen LogP contribution in [0.3, 0.4) is 0 Å². The molecule has 23 heavy (non-hydrogen) atoms. The Labute approximate surface area is 135 Å². The van der Waals surface area contributed by atoms with Gasteiger partial charge in [0.2, 0.25) is 5.91 Å². The number of para-hydroxylation sites is 1. The van der Waals surface area contributed by atoms with Crippen LogP contribution < -0.4 is 0 Å². The smallest absolute Gasteiger partial charge is 0.223 e. The third-order valence-electron chi connectivity index (χ3n) is 4.84. The number of carbonyl (C=O) groups is 1. The summed E-state index contributed by atoms with van der Waals surface area (Å²) in [6, 6.07) is 12.6. The van der Waals surface area contributed by atoms with Gasteiger partial charge in [-0.15, -0.1) is 0 Å². The Bertz CT molecular complexity index is 803. The van der Waals surface area contributed by atoms with Gasteiger partial charge in [0.1, 0.15) is 0 Å². The van der Waals surface area contributed by atoms with Gasteiger partial charge in [0.15, 0.2) is 0 Å². The summed E-state index contributed by atoms with van der Waals surface area (Å²) in [6.45, 7) is 0.871. The number of nitrogens with one attached hydrogen (secondary N) is 2. The first kappa shape index (κ1) is 14.1. The molecule has 1 amide bonds. The summed E-state index contributed by atoms with van der Waals surface area (Å²) in [6.07, 6.45) is 7.46. The number of hydrogen-bond donors (Lipinski definition) is 2. The fraction of sp³-hybridized carbons (Fsp3) is 0.316. The van der Waals surface area contributed by atoms with E-state index >= 15 is 0 Å². The normalized spacial score (nSPS) is 17.9. The monoisotopic (exact) mass is 307 g/mol. The van der Waals surface area contributed by atoms with Gasteiger partial charge >= 0.3 is 0 Å². The van der Waals surface area contributed by atoms with Gasteiger partial charge in [-0.05, 0) is 43.0 Å². The molecule has 0 spiro atoms. The molecule has 2 N–H and O–H groups in total. The van der Waals surface area contributed by atoms with Gasteiger partial charge in [-0.25, -0.2) is 0 Å². The highest BCUT2D eigenvalue weighted by Gasteiger charge is 2.30. The molecule has 1 unspecified atom stereocenters. The molecule has 2 aromatic heterocycles. The first-order chi connectivity index (χ1) is 11.3. The molecule has 1 saturated heterocycles. The molecular weight excluding hydrogens is 286 g/mol. The van der Waals surface area contributed by atoms with E-state index in [2.05, 4.69) is 28.2 Å². The summed E-state index contributed by atoms with van der Waals surface area (Å²) in [7, 11) is 0.